The quantitative estimate of drug-likeness (QED) is 0.728. The summed E-state index contributed by atoms with van der Waals surface area (Å²) in [5.74, 6) is 0.0619. The van der Waals surface area contributed by atoms with Gasteiger partial charge in [0.25, 0.3) is 12.0 Å². The first kappa shape index (κ1) is 9.50. The number of hydrogen-bond donors (Lipinski definition) is 2. The monoisotopic (exact) mass is 190 g/mol. The van der Waals surface area contributed by atoms with Gasteiger partial charge in [-0.1, -0.05) is 0 Å². The van der Waals surface area contributed by atoms with Gasteiger partial charge >= 0.3 is 0 Å². The molecule has 0 amide bonds. The van der Waals surface area contributed by atoms with Gasteiger partial charge in [0.1, 0.15) is 5.56 Å². The average Bonchev–Trinajstić information content (AvgIpc) is 2.02. The van der Waals surface area contributed by atoms with Crippen LogP contribution in [0.2, 0.25) is 0 Å². The molecule has 1 aromatic heterocycles. The molecule has 4 nitrogen and oxygen atoms in total. The summed E-state index contributed by atoms with van der Waals surface area (Å²) in [4.78, 5) is 13.1. The number of aromatic amines is 1. The van der Waals surface area contributed by atoms with Gasteiger partial charge in [-0.25, -0.2) is 8.78 Å². The number of methoxy groups -OCH3 is 1. The maximum atomic E-state index is 12.2. The molecular weight excluding hydrogens is 182 g/mol. The molecule has 3 N–H and O–H groups in total. The highest BCUT2D eigenvalue weighted by Gasteiger charge is 2.16. The number of aromatic nitrogens is 1. The van der Waals surface area contributed by atoms with Gasteiger partial charge in [-0.05, 0) is 0 Å². The lowest BCUT2D eigenvalue weighted by Gasteiger charge is -2.05. The van der Waals surface area contributed by atoms with Crippen LogP contribution in [0, 0.1) is 0 Å². The summed E-state index contributed by atoms with van der Waals surface area (Å²) in [5.41, 5.74) is 3.31. The van der Waals surface area contributed by atoms with Crippen LogP contribution in [0.4, 0.5) is 14.5 Å². The standard InChI is InChI=1S/C7H8F2N2O2/c1-13-4-2-3(10)5(6(8)9)7(12)11-4/h2,6H,1H3,(H3,10,11,12). The topological polar surface area (TPSA) is 68.1 Å². The lowest BCUT2D eigenvalue weighted by atomic mass is 10.2. The zero-order valence-corrected chi connectivity index (χ0v) is 6.80. The second-order valence-electron chi connectivity index (χ2n) is 2.34. The Labute approximate surface area is 72.3 Å². The number of anilines is 1. The molecule has 6 heteroatoms. The van der Waals surface area contributed by atoms with E-state index in [-0.39, 0.29) is 11.6 Å². The van der Waals surface area contributed by atoms with Crippen molar-refractivity contribution < 1.29 is 13.5 Å². The molecule has 13 heavy (non-hydrogen) atoms. The molecule has 0 saturated heterocycles. The normalized spacial score (nSPS) is 10.5. The van der Waals surface area contributed by atoms with E-state index in [0.29, 0.717) is 0 Å². The van der Waals surface area contributed by atoms with E-state index in [0.717, 1.165) is 6.07 Å². The molecule has 0 saturated carbocycles. The maximum Gasteiger partial charge on any atom is 0.271 e. The molecule has 0 unspecified atom stereocenters. The number of hydrogen-bond acceptors (Lipinski definition) is 3. The molecule has 1 aromatic rings. The zero-order valence-electron chi connectivity index (χ0n) is 6.80. The number of H-pyrrole nitrogens is 1. The molecule has 1 rings (SSSR count). The Balaban J connectivity index is 3.32. The molecule has 1 heterocycles. The van der Waals surface area contributed by atoms with Crippen LogP contribution in [0.5, 0.6) is 5.88 Å². The zero-order chi connectivity index (χ0) is 10.0. The van der Waals surface area contributed by atoms with Crippen LogP contribution in [0.1, 0.15) is 12.0 Å². The van der Waals surface area contributed by atoms with Crippen molar-refractivity contribution in [3.63, 3.8) is 0 Å². The van der Waals surface area contributed by atoms with Gasteiger partial charge in [-0.2, -0.15) is 0 Å². The van der Waals surface area contributed by atoms with Crippen LogP contribution in [-0.4, -0.2) is 12.1 Å². The van der Waals surface area contributed by atoms with Gasteiger partial charge in [-0.3, -0.25) is 9.78 Å². The lowest BCUT2D eigenvalue weighted by molar-refractivity contribution is 0.150. The van der Waals surface area contributed by atoms with Crippen molar-refractivity contribution in [1.29, 1.82) is 0 Å². The number of nitrogen functional groups attached to an aromatic ring is 1. The van der Waals surface area contributed by atoms with Crippen molar-refractivity contribution in [1.82, 2.24) is 4.98 Å². The number of pyridine rings is 1. The smallest absolute Gasteiger partial charge is 0.271 e. The van der Waals surface area contributed by atoms with E-state index in [4.69, 9.17) is 5.73 Å². The van der Waals surface area contributed by atoms with E-state index in [1.807, 2.05) is 0 Å². The molecule has 0 spiro atoms. The summed E-state index contributed by atoms with van der Waals surface area (Å²) in [7, 11) is 1.30. The SMILES string of the molecule is COc1cc(N)c(C(F)F)c(=O)[nH]1. The molecular formula is C7H8F2N2O2. The van der Waals surface area contributed by atoms with E-state index in [1.165, 1.54) is 7.11 Å². The molecule has 72 valence electrons. The van der Waals surface area contributed by atoms with Gasteiger partial charge in [0, 0.05) is 6.07 Å². The third-order valence-corrected chi connectivity index (χ3v) is 1.52. The molecule has 0 aliphatic rings. The Morgan fingerprint density at radius 3 is 2.62 bits per heavy atom. The molecule has 0 fully saturated rings. The van der Waals surface area contributed by atoms with Crippen LogP contribution in [0.3, 0.4) is 0 Å². The van der Waals surface area contributed by atoms with Crippen LogP contribution in [0.15, 0.2) is 10.9 Å². The number of alkyl halides is 2. The Bertz CT molecular complexity index is 362. The first-order valence-electron chi connectivity index (χ1n) is 3.41. The van der Waals surface area contributed by atoms with Crippen LogP contribution in [-0.2, 0) is 0 Å². The van der Waals surface area contributed by atoms with Crippen molar-refractivity contribution in [2.24, 2.45) is 0 Å². The number of nitrogens with one attached hydrogen (secondary N) is 1. The Kier molecular flexibility index (Phi) is 2.50. The molecule has 0 aliphatic heterocycles. The third-order valence-electron chi connectivity index (χ3n) is 1.52. The molecule has 0 aromatic carbocycles. The van der Waals surface area contributed by atoms with Gasteiger partial charge in [0.2, 0.25) is 0 Å². The van der Waals surface area contributed by atoms with Crippen molar-refractivity contribution in [3.05, 3.63) is 22.0 Å². The van der Waals surface area contributed by atoms with E-state index in [1.54, 1.807) is 0 Å². The number of halogens is 2. The summed E-state index contributed by atoms with van der Waals surface area (Å²) in [6, 6.07) is 1.14. The fourth-order valence-electron chi connectivity index (χ4n) is 0.900. The second kappa shape index (κ2) is 3.42. The van der Waals surface area contributed by atoms with E-state index >= 15 is 0 Å². The Morgan fingerprint density at radius 2 is 2.23 bits per heavy atom. The molecule has 0 aliphatic carbocycles. The summed E-state index contributed by atoms with van der Waals surface area (Å²) >= 11 is 0. The lowest BCUT2D eigenvalue weighted by Crippen LogP contribution is -2.16. The van der Waals surface area contributed by atoms with Gasteiger partial charge in [-0.15, -0.1) is 0 Å². The predicted octanol–water partition coefficient (Wildman–Crippen LogP) is 0.903. The summed E-state index contributed by atoms with van der Waals surface area (Å²) in [5, 5.41) is 0. The Hall–Kier alpha value is -1.59. The first-order valence-corrected chi connectivity index (χ1v) is 3.41. The van der Waals surface area contributed by atoms with Gasteiger partial charge in [0.05, 0.1) is 12.8 Å². The van der Waals surface area contributed by atoms with Crippen molar-refractivity contribution in [2.45, 2.75) is 6.43 Å². The van der Waals surface area contributed by atoms with Gasteiger partial charge in [0.15, 0.2) is 5.88 Å². The average molecular weight is 190 g/mol. The number of ether oxygens (including phenoxy) is 1. The minimum atomic E-state index is -2.88. The van der Waals surface area contributed by atoms with Crippen molar-refractivity contribution >= 4 is 5.69 Å². The minimum absolute atomic E-state index is 0.0619. The predicted molar refractivity (Wildman–Crippen MR) is 43.0 cm³/mol. The molecule has 0 bridgehead atoms. The van der Waals surface area contributed by atoms with E-state index in [9.17, 15) is 13.6 Å². The fraction of sp³-hybridized carbons (Fsp3) is 0.286. The summed E-state index contributed by atoms with van der Waals surface area (Å²) in [6.45, 7) is 0. The molecule has 0 atom stereocenters. The minimum Gasteiger partial charge on any atom is -0.482 e. The van der Waals surface area contributed by atoms with Crippen LogP contribution < -0.4 is 16.0 Å². The van der Waals surface area contributed by atoms with Crippen molar-refractivity contribution in [2.75, 3.05) is 12.8 Å². The maximum absolute atomic E-state index is 12.2. The largest absolute Gasteiger partial charge is 0.482 e. The highest BCUT2D eigenvalue weighted by molar-refractivity contribution is 5.48. The van der Waals surface area contributed by atoms with Crippen LogP contribution in [0.25, 0.3) is 0 Å². The van der Waals surface area contributed by atoms with E-state index < -0.39 is 17.5 Å². The molecule has 0 radical (unpaired) electrons. The van der Waals surface area contributed by atoms with Crippen LogP contribution >= 0.6 is 0 Å². The summed E-state index contributed by atoms with van der Waals surface area (Å²) < 4.78 is 29.0. The number of nitrogens with two attached hydrogens (primary N) is 1. The van der Waals surface area contributed by atoms with Gasteiger partial charge < -0.3 is 10.5 Å². The third kappa shape index (κ3) is 1.77. The number of rotatable bonds is 2. The highest BCUT2D eigenvalue weighted by Crippen LogP contribution is 2.22. The second-order valence-corrected chi connectivity index (χ2v) is 2.34. The highest BCUT2D eigenvalue weighted by atomic mass is 19.3. The fourth-order valence-corrected chi connectivity index (χ4v) is 0.900. The first-order chi connectivity index (χ1) is 6.06. The van der Waals surface area contributed by atoms with E-state index in [2.05, 4.69) is 9.72 Å². The summed E-state index contributed by atoms with van der Waals surface area (Å²) in [6.07, 6.45) is -2.88. The van der Waals surface area contributed by atoms with Crippen molar-refractivity contribution in [3.8, 4) is 5.88 Å². The Morgan fingerprint density at radius 1 is 1.62 bits per heavy atom.